The second-order valence-corrected chi connectivity index (χ2v) is 17.5. The fourth-order valence-electron chi connectivity index (χ4n) is 8.55. The highest BCUT2D eigenvalue weighted by Crippen LogP contribution is 2.33. The SMILES string of the molecule is CCCCCCCCCCCCCCCCCCN(CC(C)(C)C(C(C)C)N(CCCCCCCCCCCCCCCCCC)C(=O)O)C(=O)O. The molecule has 1 unspecified atom stereocenters. The van der Waals surface area contributed by atoms with E-state index in [1.807, 2.05) is 0 Å². The average molecular weight is 737 g/mol. The zero-order chi connectivity index (χ0) is 38.7. The maximum atomic E-state index is 12.5. The van der Waals surface area contributed by atoms with Crippen molar-refractivity contribution >= 4 is 12.2 Å². The van der Waals surface area contributed by atoms with E-state index in [4.69, 9.17) is 0 Å². The standard InChI is InChI=1S/C46H92N2O4/c1-7-9-11-13-15-17-19-21-23-25-27-29-31-33-35-37-39-47(44(49)50)41-46(5,6)43(42(3)4)48(45(51)52)40-38-36-34-32-30-28-26-24-22-20-18-16-14-12-10-8-2/h42-43H,7-41H2,1-6H3,(H,49,50)(H,51,52). The van der Waals surface area contributed by atoms with Crippen molar-refractivity contribution in [3.05, 3.63) is 0 Å². The largest absolute Gasteiger partial charge is 0.465 e. The van der Waals surface area contributed by atoms with Crippen LogP contribution in [0.2, 0.25) is 0 Å². The van der Waals surface area contributed by atoms with Crippen LogP contribution in [-0.2, 0) is 0 Å². The molecule has 1 atom stereocenters. The molecular formula is C46H92N2O4. The number of nitrogens with zero attached hydrogens (tertiary/aromatic N) is 2. The van der Waals surface area contributed by atoms with E-state index in [2.05, 4.69) is 41.5 Å². The van der Waals surface area contributed by atoms with Gasteiger partial charge >= 0.3 is 12.2 Å². The van der Waals surface area contributed by atoms with Crippen LogP contribution in [0.4, 0.5) is 9.59 Å². The third-order valence-corrected chi connectivity index (χ3v) is 11.4. The van der Waals surface area contributed by atoms with E-state index in [0.29, 0.717) is 19.6 Å². The van der Waals surface area contributed by atoms with Gasteiger partial charge in [-0.3, -0.25) is 0 Å². The highest BCUT2D eigenvalue weighted by atomic mass is 16.4. The van der Waals surface area contributed by atoms with E-state index >= 15 is 0 Å². The molecule has 310 valence electrons. The molecule has 0 heterocycles. The molecule has 0 aliphatic rings. The third kappa shape index (κ3) is 29.0. The first-order valence-corrected chi connectivity index (χ1v) is 23.1. The summed E-state index contributed by atoms with van der Waals surface area (Å²) in [6.45, 7) is 14.2. The highest BCUT2D eigenvalue weighted by Gasteiger charge is 2.40. The van der Waals surface area contributed by atoms with Crippen LogP contribution in [0.3, 0.4) is 0 Å². The summed E-state index contributed by atoms with van der Waals surface area (Å²) in [6, 6.07) is -0.242. The summed E-state index contributed by atoms with van der Waals surface area (Å²) in [6.07, 6.45) is 39.8. The van der Waals surface area contributed by atoms with Gasteiger partial charge in [-0.1, -0.05) is 234 Å². The molecule has 0 saturated carbocycles. The molecule has 0 aromatic rings. The minimum atomic E-state index is -0.892. The molecule has 0 aromatic carbocycles. The van der Waals surface area contributed by atoms with Crippen LogP contribution in [0, 0.1) is 11.3 Å². The quantitative estimate of drug-likeness (QED) is 0.0616. The monoisotopic (exact) mass is 737 g/mol. The number of hydrogen-bond donors (Lipinski definition) is 2. The van der Waals surface area contributed by atoms with Crippen LogP contribution in [0.15, 0.2) is 0 Å². The van der Waals surface area contributed by atoms with Gasteiger partial charge in [0.2, 0.25) is 0 Å². The van der Waals surface area contributed by atoms with Gasteiger partial charge in [0.05, 0.1) is 0 Å². The molecule has 0 saturated heterocycles. The molecule has 0 spiro atoms. The second-order valence-electron chi connectivity index (χ2n) is 17.5. The molecule has 52 heavy (non-hydrogen) atoms. The maximum Gasteiger partial charge on any atom is 0.407 e. The van der Waals surface area contributed by atoms with Gasteiger partial charge in [0.25, 0.3) is 0 Å². The third-order valence-electron chi connectivity index (χ3n) is 11.4. The van der Waals surface area contributed by atoms with Gasteiger partial charge in [-0.2, -0.15) is 0 Å². The zero-order valence-electron chi connectivity index (χ0n) is 36.0. The number of carboxylic acid groups (broad SMARTS) is 2. The smallest absolute Gasteiger partial charge is 0.407 e. The normalized spacial score (nSPS) is 12.4. The van der Waals surface area contributed by atoms with Gasteiger partial charge in [-0.25, -0.2) is 9.59 Å². The van der Waals surface area contributed by atoms with Crippen molar-refractivity contribution in [1.82, 2.24) is 9.80 Å². The van der Waals surface area contributed by atoms with E-state index in [-0.39, 0.29) is 12.0 Å². The summed E-state index contributed by atoms with van der Waals surface area (Å²) in [5, 5.41) is 20.4. The molecule has 0 aliphatic heterocycles. The summed E-state index contributed by atoms with van der Waals surface area (Å²) < 4.78 is 0. The molecule has 0 radical (unpaired) electrons. The van der Waals surface area contributed by atoms with Crippen molar-refractivity contribution in [3.63, 3.8) is 0 Å². The van der Waals surface area contributed by atoms with Crippen molar-refractivity contribution < 1.29 is 19.8 Å². The van der Waals surface area contributed by atoms with Gasteiger partial charge in [-0.15, -0.1) is 0 Å². The molecule has 0 aliphatic carbocycles. The lowest BCUT2D eigenvalue weighted by Gasteiger charge is -2.45. The van der Waals surface area contributed by atoms with Gasteiger partial charge in [-0.05, 0) is 18.8 Å². The minimum absolute atomic E-state index is 0.0957. The molecule has 2 N–H and O–H groups in total. The zero-order valence-corrected chi connectivity index (χ0v) is 36.0. The van der Waals surface area contributed by atoms with E-state index in [0.717, 1.165) is 38.5 Å². The lowest BCUT2D eigenvalue weighted by atomic mass is 9.77. The summed E-state index contributed by atoms with van der Waals surface area (Å²) in [4.78, 5) is 28.0. The molecule has 0 aromatic heterocycles. The Labute approximate surface area is 325 Å². The summed E-state index contributed by atoms with van der Waals surface area (Å²) >= 11 is 0. The first-order valence-electron chi connectivity index (χ1n) is 23.1. The Bertz CT molecular complexity index is 801. The van der Waals surface area contributed by atoms with Crippen molar-refractivity contribution in [2.45, 2.75) is 253 Å². The van der Waals surface area contributed by atoms with Crippen LogP contribution in [0.1, 0.15) is 247 Å². The maximum absolute atomic E-state index is 12.5. The average Bonchev–Trinajstić information content (AvgIpc) is 3.09. The lowest BCUT2D eigenvalue weighted by Crippen LogP contribution is -2.55. The summed E-state index contributed by atoms with van der Waals surface area (Å²) in [5.74, 6) is 0.0957. The van der Waals surface area contributed by atoms with E-state index < -0.39 is 17.6 Å². The minimum Gasteiger partial charge on any atom is -0.465 e. The van der Waals surface area contributed by atoms with Crippen molar-refractivity contribution in [2.24, 2.45) is 11.3 Å². The van der Waals surface area contributed by atoms with Gasteiger partial charge < -0.3 is 20.0 Å². The molecule has 0 fully saturated rings. The first kappa shape index (κ1) is 50.5. The Hall–Kier alpha value is -1.46. The first-order chi connectivity index (χ1) is 25.1. The van der Waals surface area contributed by atoms with E-state index in [9.17, 15) is 19.8 Å². The molecule has 6 nitrogen and oxygen atoms in total. The highest BCUT2D eigenvalue weighted by molar-refractivity contribution is 5.66. The number of rotatable bonds is 39. The Morgan fingerprint density at radius 3 is 0.962 bits per heavy atom. The molecule has 0 bridgehead atoms. The summed E-state index contributed by atoms with van der Waals surface area (Å²) in [5.41, 5.74) is -0.491. The number of carbonyl (C=O) groups is 2. The van der Waals surface area contributed by atoms with Crippen LogP contribution >= 0.6 is 0 Å². The molecular weight excluding hydrogens is 645 g/mol. The van der Waals surface area contributed by atoms with Crippen molar-refractivity contribution in [3.8, 4) is 0 Å². The lowest BCUT2D eigenvalue weighted by molar-refractivity contribution is 0.0288. The fraction of sp³-hybridized carbons (Fsp3) is 0.957. The predicted molar refractivity (Wildman–Crippen MR) is 226 cm³/mol. The fourth-order valence-corrected chi connectivity index (χ4v) is 8.55. The van der Waals surface area contributed by atoms with Gasteiger partial charge in [0.15, 0.2) is 0 Å². The number of hydrogen-bond acceptors (Lipinski definition) is 2. The van der Waals surface area contributed by atoms with Crippen LogP contribution < -0.4 is 0 Å². The molecule has 6 heteroatoms. The van der Waals surface area contributed by atoms with Crippen LogP contribution in [0.25, 0.3) is 0 Å². The van der Waals surface area contributed by atoms with Crippen molar-refractivity contribution in [2.75, 3.05) is 19.6 Å². The molecule has 0 rings (SSSR count). The van der Waals surface area contributed by atoms with Gasteiger partial charge in [0.1, 0.15) is 0 Å². The van der Waals surface area contributed by atoms with Crippen LogP contribution in [-0.4, -0.2) is 57.9 Å². The van der Waals surface area contributed by atoms with Gasteiger partial charge in [0, 0.05) is 31.1 Å². The Morgan fingerprint density at radius 1 is 0.442 bits per heavy atom. The summed E-state index contributed by atoms with van der Waals surface area (Å²) in [7, 11) is 0. The van der Waals surface area contributed by atoms with Crippen LogP contribution in [0.5, 0.6) is 0 Å². The van der Waals surface area contributed by atoms with E-state index in [1.54, 1.807) is 9.80 Å². The topological polar surface area (TPSA) is 81.1 Å². The Morgan fingerprint density at radius 2 is 0.712 bits per heavy atom. The second kappa shape index (κ2) is 35.3. The number of amides is 2. The Balaban J connectivity index is 4.33. The number of unbranched alkanes of at least 4 members (excludes halogenated alkanes) is 30. The Kier molecular flexibility index (Phi) is 34.3. The predicted octanol–water partition coefficient (Wildman–Crippen LogP) is 15.5. The molecule has 2 amide bonds. The van der Waals surface area contributed by atoms with Crippen molar-refractivity contribution in [1.29, 1.82) is 0 Å². The van der Waals surface area contributed by atoms with E-state index in [1.165, 1.54) is 167 Å².